The van der Waals surface area contributed by atoms with Crippen LogP contribution in [-0.2, 0) is 7.05 Å². The van der Waals surface area contributed by atoms with Gasteiger partial charge in [-0.15, -0.1) is 0 Å². The minimum atomic E-state index is -0.0880. The summed E-state index contributed by atoms with van der Waals surface area (Å²) in [5.74, 6) is 0.810. The molecular weight excluding hydrogens is 302 g/mol. The zero-order chi connectivity index (χ0) is 17.1. The second-order valence-corrected chi connectivity index (χ2v) is 5.85. The van der Waals surface area contributed by atoms with E-state index in [2.05, 4.69) is 29.2 Å². The van der Waals surface area contributed by atoms with Crippen LogP contribution < -0.4 is 10.9 Å². The molecule has 6 heteroatoms. The molecule has 6 nitrogen and oxygen atoms in total. The van der Waals surface area contributed by atoms with Crippen LogP contribution in [0, 0.1) is 0 Å². The first-order valence-electron chi connectivity index (χ1n) is 8.02. The molecule has 3 rings (SSSR count). The predicted molar refractivity (Wildman–Crippen MR) is 95.4 cm³/mol. The van der Waals surface area contributed by atoms with Gasteiger partial charge in [-0.25, -0.2) is 4.98 Å². The van der Waals surface area contributed by atoms with E-state index in [-0.39, 0.29) is 5.56 Å². The molecular formula is C18H21N5O. The standard InChI is InChI=1S/C18H21N5O/c1-4-13(2)21-17-8-7-15(11-19-17)23-9-5-6-16(18(23)24)14-10-20-22(3)12-14/h5-13H,4H2,1-3H3,(H,19,21). The van der Waals surface area contributed by atoms with Crippen molar-refractivity contribution in [2.45, 2.75) is 26.3 Å². The van der Waals surface area contributed by atoms with Gasteiger partial charge in [0.15, 0.2) is 0 Å². The van der Waals surface area contributed by atoms with Gasteiger partial charge in [-0.2, -0.15) is 5.10 Å². The van der Waals surface area contributed by atoms with Crippen molar-refractivity contribution in [3.63, 3.8) is 0 Å². The van der Waals surface area contributed by atoms with Crippen LogP contribution in [0.4, 0.5) is 5.82 Å². The molecule has 0 bridgehead atoms. The topological polar surface area (TPSA) is 64.7 Å². The van der Waals surface area contributed by atoms with E-state index in [1.54, 1.807) is 27.8 Å². The smallest absolute Gasteiger partial charge is 0.263 e. The number of aryl methyl sites for hydroxylation is 1. The molecule has 0 aliphatic carbocycles. The fraction of sp³-hybridized carbons (Fsp3) is 0.278. The fourth-order valence-electron chi connectivity index (χ4n) is 2.45. The number of hydrogen-bond acceptors (Lipinski definition) is 4. The first-order valence-corrected chi connectivity index (χ1v) is 8.02. The maximum atomic E-state index is 12.8. The average Bonchev–Trinajstić information content (AvgIpc) is 3.02. The normalized spacial score (nSPS) is 12.1. The van der Waals surface area contributed by atoms with Crippen LogP contribution in [0.3, 0.4) is 0 Å². The van der Waals surface area contributed by atoms with Gasteiger partial charge < -0.3 is 5.32 Å². The highest BCUT2D eigenvalue weighted by molar-refractivity contribution is 5.61. The van der Waals surface area contributed by atoms with Gasteiger partial charge in [0.05, 0.1) is 23.6 Å². The van der Waals surface area contributed by atoms with Gasteiger partial charge in [-0.3, -0.25) is 14.0 Å². The SMILES string of the molecule is CCC(C)Nc1ccc(-n2cccc(-c3cnn(C)c3)c2=O)cn1. The van der Waals surface area contributed by atoms with Gasteiger partial charge in [0.25, 0.3) is 5.56 Å². The van der Waals surface area contributed by atoms with Crippen molar-refractivity contribution in [1.29, 1.82) is 0 Å². The Balaban J connectivity index is 1.94. The summed E-state index contributed by atoms with van der Waals surface area (Å²) in [7, 11) is 1.83. The highest BCUT2D eigenvalue weighted by Crippen LogP contribution is 2.15. The third kappa shape index (κ3) is 3.22. The van der Waals surface area contributed by atoms with Crippen molar-refractivity contribution >= 4 is 5.82 Å². The third-order valence-corrected chi connectivity index (χ3v) is 4.00. The Hall–Kier alpha value is -2.89. The van der Waals surface area contributed by atoms with Gasteiger partial charge in [-0.1, -0.05) is 6.92 Å². The first-order chi connectivity index (χ1) is 11.6. The summed E-state index contributed by atoms with van der Waals surface area (Å²) in [4.78, 5) is 17.2. The minimum absolute atomic E-state index is 0.0880. The zero-order valence-electron chi connectivity index (χ0n) is 14.1. The molecule has 0 saturated heterocycles. The van der Waals surface area contributed by atoms with Gasteiger partial charge in [-0.05, 0) is 37.6 Å². The fourth-order valence-corrected chi connectivity index (χ4v) is 2.45. The Morgan fingerprint density at radius 1 is 1.25 bits per heavy atom. The van der Waals surface area contributed by atoms with E-state index in [0.717, 1.165) is 23.5 Å². The lowest BCUT2D eigenvalue weighted by atomic mass is 10.1. The molecule has 0 radical (unpaired) electrons. The monoisotopic (exact) mass is 323 g/mol. The maximum absolute atomic E-state index is 12.8. The van der Waals surface area contributed by atoms with Crippen LogP contribution in [0.1, 0.15) is 20.3 Å². The number of aromatic nitrogens is 4. The summed E-state index contributed by atoms with van der Waals surface area (Å²) in [6, 6.07) is 7.81. The lowest BCUT2D eigenvalue weighted by molar-refractivity contribution is 0.759. The van der Waals surface area contributed by atoms with E-state index in [9.17, 15) is 4.79 Å². The molecule has 1 N–H and O–H groups in total. The number of rotatable bonds is 5. The Morgan fingerprint density at radius 2 is 2.08 bits per heavy atom. The van der Waals surface area contributed by atoms with Crippen molar-refractivity contribution in [3.8, 4) is 16.8 Å². The summed E-state index contributed by atoms with van der Waals surface area (Å²) in [6.07, 6.45) is 8.01. The molecule has 24 heavy (non-hydrogen) atoms. The molecule has 0 fully saturated rings. The molecule has 3 aromatic rings. The summed E-state index contributed by atoms with van der Waals surface area (Å²) in [5, 5.41) is 7.45. The number of anilines is 1. The Morgan fingerprint density at radius 3 is 2.71 bits per heavy atom. The van der Waals surface area contributed by atoms with Gasteiger partial charge in [0.1, 0.15) is 5.82 Å². The molecule has 0 amide bonds. The van der Waals surface area contributed by atoms with Crippen molar-refractivity contribution in [2.24, 2.45) is 7.05 Å². The molecule has 0 aromatic carbocycles. The maximum Gasteiger partial charge on any atom is 0.263 e. The second-order valence-electron chi connectivity index (χ2n) is 5.85. The van der Waals surface area contributed by atoms with E-state index >= 15 is 0 Å². The van der Waals surface area contributed by atoms with Crippen LogP contribution in [0.5, 0.6) is 0 Å². The molecule has 1 atom stereocenters. The van der Waals surface area contributed by atoms with Gasteiger partial charge in [0, 0.05) is 31.0 Å². The average molecular weight is 323 g/mol. The number of nitrogens with one attached hydrogen (secondary N) is 1. The lowest BCUT2D eigenvalue weighted by Gasteiger charge is -2.13. The summed E-state index contributed by atoms with van der Waals surface area (Å²) in [6.45, 7) is 4.23. The molecule has 3 heterocycles. The highest BCUT2D eigenvalue weighted by Gasteiger charge is 2.09. The Bertz CT molecular complexity index is 879. The number of nitrogens with zero attached hydrogens (tertiary/aromatic N) is 4. The third-order valence-electron chi connectivity index (χ3n) is 4.00. The van der Waals surface area contributed by atoms with E-state index < -0.39 is 0 Å². The van der Waals surface area contributed by atoms with Crippen LogP contribution in [0.2, 0.25) is 0 Å². The largest absolute Gasteiger partial charge is 0.368 e. The van der Waals surface area contributed by atoms with Crippen LogP contribution in [0.15, 0.2) is 53.8 Å². The number of hydrogen-bond donors (Lipinski definition) is 1. The molecule has 0 aliphatic heterocycles. The zero-order valence-corrected chi connectivity index (χ0v) is 14.1. The van der Waals surface area contributed by atoms with E-state index in [0.29, 0.717) is 11.6 Å². The van der Waals surface area contributed by atoms with Gasteiger partial charge >= 0.3 is 0 Å². The van der Waals surface area contributed by atoms with Crippen molar-refractivity contribution in [2.75, 3.05) is 5.32 Å². The summed E-state index contributed by atoms with van der Waals surface area (Å²) < 4.78 is 3.28. The minimum Gasteiger partial charge on any atom is -0.368 e. The highest BCUT2D eigenvalue weighted by atomic mass is 16.1. The van der Waals surface area contributed by atoms with Gasteiger partial charge in [0.2, 0.25) is 0 Å². The summed E-state index contributed by atoms with van der Waals surface area (Å²) in [5.41, 5.74) is 2.07. The quantitative estimate of drug-likeness (QED) is 0.784. The number of pyridine rings is 2. The van der Waals surface area contributed by atoms with Crippen molar-refractivity contribution in [3.05, 3.63) is 59.4 Å². The lowest BCUT2D eigenvalue weighted by Crippen LogP contribution is -2.19. The van der Waals surface area contributed by atoms with E-state index in [1.807, 2.05) is 37.5 Å². The Kier molecular flexibility index (Phi) is 4.46. The van der Waals surface area contributed by atoms with Crippen LogP contribution >= 0.6 is 0 Å². The van der Waals surface area contributed by atoms with E-state index in [4.69, 9.17) is 0 Å². The van der Waals surface area contributed by atoms with Crippen LogP contribution in [0.25, 0.3) is 16.8 Å². The van der Waals surface area contributed by atoms with Crippen LogP contribution in [-0.4, -0.2) is 25.4 Å². The molecule has 0 aliphatic rings. The predicted octanol–water partition coefficient (Wildman–Crippen LogP) is 2.84. The first kappa shape index (κ1) is 16.0. The molecule has 0 saturated carbocycles. The molecule has 124 valence electrons. The van der Waals surface area contributed by atoms with E-state index in [1.165, 1.54) is 0 Å². The summed E-state index contributed by atoms with van der Waals surface area (Å²) >= 11 is 0. The van der Waals surface area contributed by atoms with Crippen molar-refractivity contribution < 1.29 is 0 Å². The second kappa shape index (κ2) is 6.70. The molecule has 1 unspecified atom stereocenters. The molecule has 3 aromatic heterocycles. The van der Waals surface area contributed by atoms with Crippen molar-refractivity contribution in [1.82, 2.24) is 19.3 Å². The Labute approximate surface area is 140 Å². The molecule has 0 spiro atoms.